The minimum absolute atomic E-state index is 0.151. The number of hydrogen-bond donors (Lipinski definition) is 0. The van der Waals surface area contributed by atoms with Crippen molar-refractivity contribution in [3.8, 4) is 23.1 Å². The Kier molecular flexibility index (Phi) is 5.30. The zero-order chi connectivity index (χ0) is 19.4. The summed E-state index contributed by atoms with van der Waals surface area (Å²) in [7, 11) is 4.69. The largest absolute Gasteiger partial charge is 0.481 e. The molecule has 0 aliphatic heterocycles. The Labute approximate surface area is 156 Å². The van der Waals surface area contributed by atoms with Gasteiger partial charge in [-0.1, -0.05) is 17.3 Å². The maximum atomic E-state index is 12.6. The summed E-state index contributed by atoms with van der Waals surface area (Å²) >= 11 is 0. The predicted octanol–water partition coefficient (Wildman–Crippen LogP) is 2.12. The lowest BCUT2D eigenvalue weighted by atomic mass is 10.1. The monoisotopic (exact) mass is 369 g/mol. The van der Waals surface area contributed by atoms with Crippen LogP contribution in [-0.2, 0) is 6.54 Å². The Morgan fingerprint density at radius 3 is 2.44 bits per heavy atom. The molecule has 0 N–H and O–H groups in total. The molecular weight excluding hydrogens is 350 g/mol. The lowest BCUT2D eigenvalue weighted by Gasteiger charge is -2.15. The number of ether oxygens (including phenoxy) is 2. The molecule has 140 valence electrons. The molecule has 0 bridgehead atoms. The van der Waals surface area contributed by atoms with E-state index in [2.05, 4.69) is 20.1 Å². The van der Waals surface area contributed by atoms with Gasteiger partial charge < -0.3 is 18.9 Å². The second-order valence-electron chi connectivity index (χ2n) is 5.75. The van der Waals surface area contributed by atoms with E-state index in [-0.39, 0.29) is 18.5 Å². The number of nitrogens with zero attached hydrogens (tertiary/aromatic N) is 5. The Balaban J connectivity index is 1.77. The maximum Gasteiger partial charge on any atom is 0.320 e. The van der Waals surface area contributed by atoms with Gasteiger partial charge in [-0.05, 0) is 12.1 Å². The van der Waals surface area contributed by atoms with Crippen LogP contribution in [0.5, 0.6) is 11.9 Å². The molecular formula is C18H19N5O4. The third-order valence-corrected chi connectivity index (χ3v) is 3.80. The standard InChI is InChI=1S/C18H19N5O4/c1-11-19-15(22-27-11)10-23(2)17(24)13-7-5-12(6-8-13)14-9-16(25-3)21-18(20-14)26-4/h5-9H,10H2,1-4H3. The quantitative estimate of drug-likeness (QED) is 0.651. The highest BCUT2D eigenvalue weighted by atomic mass is 16.5. The number of amides is 1. The number of carbonyl (C=O) groups excluding carboxylic acids is 1. The van der Waals surface area contributed by atoms with Crippen LogP contribution in [-0.4, -0.2) is 52.2 Å². The molecule has 0 atom stereocenters. The van der Waals surface area contributed by atoms with Gasteiger partial charge in [0, 0.05) is 31.2 Å². The molecule has 1 amide bonds. The van der Waals surface area contributed by atoms with Crippen molar-refractivity contribution in [1.82, 2.24) is 25.0 Å². The number of methoxy groups -OCH3 is 2. The summed E-state index contributed by atoms with van der Waals surface area (Å²) < 4.78 is 15.2. The Hall–Kier alpha value is -3.49. The fourth-order valence-electron chi connectivity index (χ4n) is 2.44. The molecule has 9 nitrogen and oxygen atoms in total. The van der Waals surface area contributed by atoms with Crippen molar-refractivity contribution < 1.29 is 18.8 Å². The van der Waals surface area contributed by atoms with Crippen LogP contribution in [0.2, 0.25) is 0 Å². The number of rotatable bonds is 6. The second kappa shape index (κ2) is 7.81. The smallest absolute Gasteiger partial charge is 0.320 e. The number of carbonyl (C=O) groups is 1. The van der Waals surface area contributed by atoms with E-state index in [0.717, 1.165) is 5.56 Å². The van der Waals surface area contributed by atoms with Crippen LogP contribution < -0.4 is 9.47 Å². The summed E-state index contributed by atoms with van der Waals surface area (Å²) in [5.41, 5.74) is 1.98. The molecule has 0 aliphatic carbocycles. The molecule has 2 heterocycles. The first-order valence-corrected chi connectivity index (χ1v) is 8.12. The average Bonchev–Trinajstić information content (AvgIpc) is 3.11. The van der Waals surface area contributed by atoms with E-state index in [1.54, 1.807) is 44.3 Å². The van der Waals surface area contributed by atoms with Crippen molar-refractivity contribution in [2.24, 2.45) is 0 Å². The predicted molar refractivity (Wildman–Crippen MR) is 95.4 cm³/mol. The molecule has 2 aromatic heterocycles. The van der Waals surface area contributed by atoms with Gasteiger partial charge >= 0.3 is 6.01 Å². The van der Waals surface area contributed by atoms with Gasteiger partial charge in [-0.3, -0.25) is 4.79 Å². The van der Waals surface area contributed by atoms with E-state index in [0.29, 0.717) is 28.9 Å². The van der Waals surface area contributed by atoms with Crippen LogP contribution in [0.3, 0.4) is 0 Å². The van der Waals surface area contributed by atoms with Crippen LogP contribution in [0.4, 0.5) is 0 Å². The lowest BCUT2D eigenvalue weighted by Crippen LogP contribution is -2.26. The molecule has 27 heavy (non-hydrogen) atoms. The van der Waals surface area contributed by atoms with Crippen molar-refractivity contribution in [2.75, 3.05) is 21.3 Å². The van der Waals surface area contributed by atoms with Gasteiger partial charge in [0.15, 0.2) is 5.82 Å². The van der Waals surface area contributed by atoms with Gasteiger partial charge in [0.25, 0.3) is 5.91 Å². The number of aryl methyl sites for hydroxylation is 1. The molecule has 3 aromatic rings. The Morgan fingerprint density at radius 2 is 1.85 bits per heavy atom. The van der Waals surface area contributed by atoms with Crippen LogP contribution in [0.25, 0.3) is 11.3 Å². The van der Waals surface area contributed by atoms with Crippen molar-refractivity contribution in [1.29, 1.82) is 0 Å². The summed E-state index contributed by atoms with van der Waals surface area (Å²) in [6.07, 6.45) is 0. The van der Waals surface area contributed by atoms with E-state index in [1.165, 1.54) is 19.1 Å². The van der Waals surface area contributed by atoms with Crippen LogP contribution >= 0.6 is 0 Å². The Bertz CT molecular complexity index is 917. The molecule has 0 saturated carbocycles. The molecule has 0 fully saturated rings. The topological polar surface area (TPSA) is 103 Å². The van der Waals surface area contributed by atoms with Crippen molar-refractivity contribution in [3.63, 3.8) is 0 Å². The molecule has 9 heteroatoms. The number of hydrogen-bond acceptors (Lipinski definition) is 8. The van der Waals surface area contributed by atoms with Crippen molar-refractivity contribution >= 4 is 5.91 Å². The molecule has 0 unspecified atom stereocenters. The van der Waals surface area contributed by atoms with Gasteiger partial charge in [-0.2, -0.15) is 15.0 Å². The average molecular weight is 369 g/mol. The number of aromatic nitrogens is 4. The van der Waals surface area contributed by atoms with E-state index in [4.69, 9.17) is 14.0 Å². The third kappa shape index (κ3) is 4.20. The first-order valence-electron chi connectivity index (χ1n) is 8.12. The van der Waals surface area contributed by atoms with E-state index >= 15 is 0 Å². The highest BCUT2D eigenvalue weighted by molar-refractivity contribution is 5.94. The fraction of sp³-hybridized carbons (Fsp3) is 0.278. The van der Waals surface area contributed by atoms with Gasteiger partial charge in [-0.15, -0.1) is 0 Å². The third-order valence-electron chi connectivity index (χ3n) is 3.80. The first kappa shape index (κ1) is 18.3. The fourth-order valence-corrected chi connectivity index (χ4v) is 2.44. The Morgan fingerprint density at radius 1 is 1.11 bits per heavy atom. The summed E-state index contributed by atoms with van der Waals surface area (Å²) in [5.74, 6) is 1.17. The van der Waals surface area contributed by atoms with Crippen molar-refractivity contribution in [2.45, 2.75) is 13.5 Å². The number of benzene rings is 1. The zero-order valence-corrected chi connectivity index (χ0v) is 15.5. The summed E-state index contributed by atoms with van der Waals surface area (Å²) in [5, 5.41) is 3.80. The van der Waals surface area contributed by atoms with E-state index < -0.39 is 0 Å². The first-order chi connectivity index (χ1) is 13.0. The summed E-state index contributed by atoms with van der Waals surface area (Å²) in [4.78, 5) is 26.6. The van der Waals surface area contributed by atoms with E-state index in [1.807, 2.05) is 0 Å². The molecule has 3 rings (SSSR count). The lowest BCUT2D eigenvalue weighted by molar-refractivity contribution is 0.0780. The SMILES string of the molecule is COc1cc(-c2ccc(C(=O)N(C)Cc3noc(C)n3)cc2)nc(OC)n1. The highest BCUT2D eigenvalue weighted by Crippen LogP contribution is 2.24. The van der Waals surface area contributed by atoms with Crippen LogP contribution in [0.1, 0.15) is 22.1 Å². The molecule has 0 radical (unpaired) electrons. The maximum absolute atomic E-state index is 12.6. The summed E-state index contributed by atoms with van der Waals surface area (Å²) in [6, 6.07) is 8.98. The minimum atomic E-state index is -0.151. The highest BCUT2D eigenvalue weighted by Gasteiger charge is 2.15. The molecule has 0 aliphatic rings. The van der Waals surface area contributed by atoms with Crippen LogP contribution in [0, 0.1) is 6.92 Å². The van der Waals surface area contributed by atoms with Crippen LogP contribution in [0.15, 0.2) is 34.9 Å². The molecule has 0 spiro atoms. The van der Waals surface area contributed by atoms with Gasteiger partial charge in [-0.25, -0.2) is 0 Å². The van der Waals surface area contributed by atoms with Gasteiger partial charge in [0.2, 0.25) is 11.8 Å². The van der Waals surface area contributed by atoms with Gasteiger partial charge in [0.05, 0.1) is 26.5 Å². The van der Waals surface area contributed by atoms with Crippen molar-refractivity contribution in [3.05, 3.63) is 47.6 Å². The minimum Gasteiger partial charge on any atom is -0.481 e. The normalized spacial score (nSPS) is 10.5. The molecule has 1 aromatic carbocycles. The zero-order valence-electron chi connectivity index (χ0n) is 15.5. The summed E-state index contributed by atoms with van der Waals surface area (Å²) in [6.45, 7) is 1.96. The van der Waals surface area contributed by atoms with Gasteiger partial charge in [0.1, 0.15) is 0 Å². The molecule has 0 saturated heterocycles. The second-order valence-corrected chi connectivity index (χ2v) is 5.75. The van der Waals surface area contributed by atoms with E-state index in [9.17, 15) is 4.79 Å².